The smallest absolute Gasteiger partial charge is 0.223 e. The van der Waals surface area contributed by atoms with E-state index < -0.39 is 6.04 Å². The summed E-state index contributed by atoms with van der Waals surface area (Å²) < 4.78 is 10.5. The van der Waals surface area contributed by atoms with Gasteiger partial charge in [-0.25, -0.2) is 0 Å². The number of benzene rings is 1. The van der Waals surface area contributed by atoms with Crippen molar-refractivity contribution >= 4 is 5.91 Å². The minimum Gasteiger partial charge on any atom is -0.496 e. The predicted octanol–water partition coefficient (Wildman–Crippen LogP) is 2.78. The first-order valence-corrected chi connectivity index (χ1v) is 7.92. The number of hydrogen-bond acceptors (Lipinski definition) is 5. The van der Waals surface area contributed by atoms with Gasteiger partial charge in [-0.15, -0.1) is 0 Å². The van der Waals surface area contributed by atoms with Crippen LogP contribution >= 0.6 is 0 Å². The van der Waals surface area contributed by atoms with Crippen molar-refractivity contribution in [3.8, 4) is 5.75 Å². The number of hydrogen-bond donors (Lipinski definition) is 1. The van der Waals surface area contributed by atoms with E-state index in [2.05, 4.69) is 15.5 Å². The summed E-state index contributed by atoms with van der Waals surface area (Å²) in [5.74, 6) is 1.71. The summed E-state index contributed by atoms with van der Waals surface area (Å²) in [4.78, 5) is 16.9. The van der Waals surface area contributed by atoms with E-state index in [1.807, 2.05) is 24.3 Å². The van der Waals surface area contributed by atoms with Crippen LogP contribution in [0.15, 0.2) is 28.8 Å². The van der Waals surface area contributed by atoms with E-state index in [9.17, 15) is 4.79 Å². The summed E-state index contributed by atoms with van der Waals surface area (Å²) in [6.45, 7) is 1.73. The maximum atomic E-state index is 12.6. The Morgan fingerprint density at radius 2 is 2.09 bits per heavy atom. The number of amides is 1. The zero-order valence-corrected chi connectivity index (χ0v) is 13.4. The van der Waals surface area contributed by atoms with E-state index >= 15 is 0 Å². The minimum absolute atomic E-state index is 0.0425. The molecule has 0 saturated heterocycles. The maximum absolute atomic E-state index is 12.6. The first-order valence-electron chi connectivity index (χ1n) is 7.92. The van der Waals surface area contributed by atoms with Gasteiger partial charge < -0.3 is 14.6 Å². The van der Waals surface area contributed by atoms with Crippen LogP contribution in [0.1, 0.15) is 49.0 Å². The number of carbonyl (C=O) groups is 1. The molecular weight excluding hydrogens is 294 g/mol. The van der Waals surface area contributed by atoms with Crippen molar-refractivity contribution in [3.63, 3.8) is 0 Å². The second kappa shape index (κ2) is 6.81. The molecule has 1 N–H and O–H groups in total. The standard InChI is InChI=1S/C17H21N3O3/c1-11-18-16(20-23-11)15(13-9-5-6-10-14(13)22-2)19-17(21)12-7-3-4-8-12/h5-6,9-10,12,15H,3-4,7-8H2,1-2H3,(H,19,21)/t15-/m0/s1. The summed E-state index contributed by atoms with van der Waals surface area (Å²) in [7, 11) is 1.61. The van der Waals surface area contributed by atoms with E-state index in [0.717, 1.165) is 31.2 Å². The van der Waals surface area contributed by atoms with Crippen molar-refractivity contribution in [1.29, 1.82) is 0 Å². The number of aryl methyl sites for hydroxylation is 1. The molecule has 2 aromatic rings. The molecule has 1 heterocycles. The Morgan fingerprint density at radius 1 is 1.35 bits per heavy atom. The zero-order chi connectivity index (χ0) is 16.2. The number of ether oxygens (including phenoxy) is 1. The molecule has 1 aliphatic rings. The quantitative estimate of drug-likeness (QED) is 0.918. The molecule has 6 heteroatoms. The van der Waals surface area contributed by atoms with Gasteiger partial charge in [-0.1, -0.05) is 36.2 Å². The third-order valence-corrected chi connectivity index (χ3v) is 4.26. The number of nitrogens with zero attached hydrogens (tertiary/aromatic N) is 2. The van der Waals surface area contributed by atoms with Crippen LogP contribution in [0.4, 0.5) is 0 Å². The number of aromatic nitrogens is 2. The lowest BCUT2D eigenvalue weighted by molar-refractivity contribution is -0.125. The Balaban J connectivity index is 1.92. The first-order chi connectivity index (χ1) is 11.2. The van der Waals surface area contributed by atoms with Gasteiger partial charge in [0.25, 0.3) is 0 Å². The molecule has 6 nitrogen and oxygen atoms in total. The van der Waals surface area contributed by atoms with Crippen LogP contribution in [0.25, 0.3) is 0 Å². The highest BCUT2D eigenvalue weighted by atomic mass is 16.5. The number of methoxy groups -OCH3 is 1. The van der Waals surface area contributed by atoms with Crippen molar-refractivity contribution in [2.45, 2.75) is 38.6 Å². The fourth-order valence-corrected chi connectivity index (χ4v) is 3.07. The van der Waals surface area contributed by atoms with Gasteiger partial charge in [0.05, 0.1) is 7.11 Å². The van der Waals surface area contributed by atoms with E-state index in [0.29, 0.717) is 17.5 Å². The number of carbonyl (C=O) groups excluding carboxylic acids is 1. The van der Waals surface area contributed by atoms with Crippen LogP contribution in [-0.4, -0.2) is 23.2 Å². The Hall–Kier alpha value is -2.37. The lowest BCUT2D eigenvalue weighted by Crippen LogP contribution is -2.34. The van der Waals surface area contributed by atoms with Crippen molar-refractivity contribution in [1.82, 2.24) is 15.5 Å². The minimum atomic E-state index is -0.475. The van der Waals surface area contributed by atoms with Gasteiger partial charge in [-0.3, -0.25) is 4.79 Å². The van der Waals surface area contributed by atoms with Gasteiger partial charge in [0.2, 0.25) is 11.8 Å². The molecule has 1 aromatic carbocycles. The number of rotatable bonds is 5. The molecule has 1 aromatic heterocycles. The molecule has 0 unspecified atom stereocenters. The van der Waals surface area contributed by atoms with Gasteiger partial charge in [-0.05, 0) is 18.9 Å². The first kappa shape index (κ1) is 15.5. The summed E-state index contributed by atoms with van der Waals surface area (Å²) in [5.41, 5.74) is 0.821. The summed E-state index contributed by atoms with van der Waals surface area (Å²) in [6.07, 6.45) is 4.10. The molecule has 0 aliphatic heterocycles. The molecule has 0 radical (unpaired) electrons. The Morgan fingerprint density at radius 3 is 2.74 bits per heavy atom. The molecule has 1 aliphatic carbocycles. The van der Waals surface area contributed by atoms with Crippen LogP contribution < -0.4 is 10.1 Å². The van der Waals surface area contributed by atoms with E-state index in [1.54, 1.807) is 14.0 Å². The van der Waals surface area contributed by atoms with E-state index in [1.165, 1.54) is 0 Å². The van der Waals surface area contributed by atoms with E-state index in [4.69, 9.17) is 9.26 Å². The van der Waals surface area contributed by atoms with Crippen molar-refractivity contribution in [2.75, 3.05) is 7.11 Å². The van der Waals surface area contributed by atoms with Crippen molar-refractivity contribution in [3.05, 3.63) is 41.5 Å². The Labute approximate surface area is 135 Å². The van der Waals surface area contributed by atoms with Crippen LogP contribution in [0.5, 0.6) is 5.75 Å². The van der Waals surface area contributed by atoms with Crippen LogP contribution in [0.3, 0.4) is 0 Å². The topological polar surface area (TPSA) is 77.2 Å². The molecule has 1 atom stereocenters. The molecule has 23 heavy (non-hydrogen) atoms. The van der Waals surface area contributed by atoms with Gasteiger partial charge in [0.15, 0.2) is 5.82 Å². The highest BCUT2D eigenvalue weighted by molar-refractivity contribution is 5.79. The fourth-order valence-electron chi connectivity index (χ4n) is 3.07. The van der Waals surface area contributed by atoms with E-state index in [-0.39, 0.29) is 11.8 Å². The number of nitrogens with one attached hydrogen (secondary N) is 1. The second-order valence-corrected chi connectivity index (χ2v) is 5.84. The van der Waals surface area contributed by atoms with Crippen molar-refractivity contribution in [2.24, 2.45) is 5.92 Å². The van der Waals surface area contributed by atoms with Gasteiger partial charge in [0.1, 0.15) is 11.8 Å². The zero-order valence-electron chi connectivity index (χ0n) is 13.4. The highest BCUT2D eigenvalue weighted by Crippen LogP contribution is 2.31. The van der Waals surface area contributed by atoms with Gasteiger partial charge in [0, 0.05) is 18.4 Å². The summed E-state index contributed by atoms with van der Waals surface area (Å²) in [5, 5.41) is 7.07. The average Bonchev–Trinajstić information content (AvgIpc) is 3.24. The lowest BCUT2D eigenvalue weighted by atomic mass is 10.0. The molecule has 1 fully saturated rings. The molecular formula is C17H21N3O3. The van der Waals surface area contributed by atoms with Crippen LogP contribution in [0, 0.1) is 12.8 Å². The third kappa shape index (κ3) is 3.36. The van der Waals surface area contributed by atoms with Gasteiger partial charge in [-0.2, -0.15) is 4.98 Å². The molecule has 1 amide bonds. The predicted molar refractivity (Wildman–Crippen MR) is 84.0 cm³/mol. The van der Waals surface area contributed by atoms with Gasteiger partial charge >= 0.3 is 0 Å². The maximum Gasteiger partial charge on any atom is 0.223 e. The second-order valence-electron chi connectivity index (χ2n) is 5.84. The van der Waals surface area contributed by atoms with Crippen molar-refractivity contribution < 1.29 is 14.1 Å². The summed E-state index contributed by atoms with van der Waals surface area (Å²) in [6, 6.07) is 7.08. The Kier molecular flexibility index (Phi) is 4.60. The molecule has 0 bridgehead atoms. The normalized spacial score (nSPS) is 16.3. The Bertz CT molecular complexity index is 677. The average molecular weight is 315 g/mol. The SMILES string of the molecule is COc1ccccc1[C@H](NC(=O)C1CCCC1)c1noc(C)n1. The fraction of sp³-hybridized carbons (Fsp3) is 0.471. The molecule has 122 valence electrons. The molecule has 1 saturated carbocycles. The van der Waals surface area contributed by atoms with Crippen LogP contribution in [-0.2, 0) is 4.79 Å². The lowest BCUT2D eigenvalue weighted by Gasteiger charge is -2.20. The highest BCUT2D eigenvalue weighted by Gasteiger charge is 2.29. The molecule has 0 spiro atoms. The third-order valence-electron chi connectivity index (χ3n) is 4.26. The van der Waals surface area contributed by atoms with Crippen LogP contribution in [0.2, 0.25) is 0 Å². The monoisotopic (exact) mass is 315 g/mol. The number of para-hydroxylation sites is 1. The summed E-state index contributed by atoms with van der Waals surface area (Å²) >= 11 is 0. The largest absolute Gasteiger partial charge is 0.496 e. The molecule has 3 rings (SSSR count).